The van der Waals surface area contributed by atoms with E-state index in [9.17, 15) is 0 Å². The van der Waals surface area contributed by atoms with Gasteiger partial charge in [-0.3, -0.25) is 0 Å². The van der Waals surface area contributed by atoms with Gasteiger partial charge in [-0.2, -0.15) is 0 Å². The number of benzene rings is 2. The zero-order valence-electron chi connectivity index (χ0n) is 11.8. The lowest BCUT2D eigenvalue weighted by Gasteiger charge is -1.90. The minimum absolute atomic E-state index is 1.21. The lowest BCUT2D eigenvalue weighted by molar-refractivity contribution is 1.46. The van der Waals surface area contributed by atoms with Crippen molar-refractivity contribution in [1.29, 1.82) is 0 Å². The third-order valence-corrected chi connectivity index (χ3v) is 3.42. The van der Waals surface area contributed by atoms with Crippen LogP contribution in [0.15, 0.2) is 60.9 Å². The maximum Gasteiger partial charge on any atom is 0.0454 e. The van der Waals surface area contributed by atoms with Gasteiger partial charge in [0, 0.05) is 23.4 Å². The monoisotopic (exact) mass is 262 g/mol. The van der Waals surface area contributed by atoms with E-state index in [1.54, 1.807) is 0 Å². The van der Waals surface area contributed by atoms with Gasteiger partial charge >= 0.3 is 0 Å². The van der Waals surface area contributed by atoms with Gasteiger partial charge in [0.05, 0.1) is 0 Å². The normalized spacial score (nSPS) is 10.5. The van der Waals surface area contributed by atoms with Gasteiger partial charge in [-0.1, -0.05) is 23.3 Å². The molecule has 2 aromatic heterocycles. The molecule has 4 aromatic rings. The van der Waals surface area contributed by atoms with Crippen LogP contribution >= 0.6 is 0 Å². The fourth-order valence-corrected chi connectivity index (χ4v) is 2.35. The van der Waals surface area contributed by atoms with Crippen molar-refractivity contribution in [1.82, 2.24) is 9.97 Å². The molecule has 0 aliphatic rings. The van der Waals surface area contributed by atoms with Crippen molar-refractivity contribution >= 4 is 21.8 Å². The quantitative estimate of drug-likeness (QED) is 0.449. The molecule has 0 spiro atoms. The summed E-state index contributed by atoms with van der Waals surface area (Å²) in [5, 5.41) is 2.58. The molecule has 0 radical (unpaired) electrons. The van der Waals surface area contributed by atoms with Crippen molar-refractivity contribution in [2.75, 3.05) is 0 Å². The van der Waals surface area contributed by atoms with E-state index in [2.05, 4.69) is 72.3 Å². The van der Waals surface area contributed by atoms with E-state index < -0.39 is 0 Å². The Morgan fingerprint density at radius 1 is 0.600 bits per heavy atom. The van der Waals surface area contributed by atoms with Gasteiger partial charge in [0.15, 0.2) is 0 Å². The van der Waals surface area contributed by atoms with Gasteiger partial charge in [-0.15, -0.1) is 0 Å². The number of hydrogen-bond acceptors (Lipinski definition) is 0. The van der Waals surface area contributed by atoms with Crippen molar-refractivity contribution in [3.05, 3.63) is 72.1 Å². The van der Waals surface area contributed by atoms with Gasteiger partial charge < -0.3 is 9.97 Å². The molecule has 0 bridgehead atoms. The molecule has 0 atom stereocenters. The summed E-state index contributed by atoms with van der Waals surface area (Å²) in [4.78, 5) is 6.29. The number of rotatable bonds is 0. The first-order valence-electron chi connectivity index (χ1n) is 6.80. The van der Waals surface area contributed by atoms with Crippen molar-refractivity contribution in [3.63, 3.8) is 0 Å². The van der Waals surface area contributed by atoms with Gasteiger partial charge in [-0.05, 0) is 61.0 Å². The number of aromatic nitrogens is 2. The molecule has 2 heteroatoms. The fraction of sp³-hybridized carbons (Fsp3) is 0.111. The Balaban J connectivity index is 0.000000121. The molecule has 2 aromatic carbocycles. The Morgan fingerprint density at radius 3 is 1.50 bits per heavy atom. The van der Waals surface area contributed by atoms with E-state index in [0.717, 1.165) is 0 Å². The SMILES string of the molecule is Cc1ccc2[nH]ccc2c1.Cc1ccc2[nH]ccc2c1. The van der Waals surface area contributed by atoms with Gasteiger partial charge in [0.1, 0.15) is 0 Å². The summed E-state index contributed by atoms with van der Waals surface area (Å²) >= 11 is 0. The summed E-state index contributed by atoms with van der Waals surface area (Å²) in [6.07, 6.45) is 3.92. The second-order valence-corrected chi connectivity index (χ2v) is 5.14. The molecule has 2 heterocycles. The Labute approximate surface area is 118 Å². The van der Waals surface area contributed by atoms with Crippen LogP contribution < -0.4 is 0 Å². The van der Waals surface area contributed by atoms with Crippen LogP contribution in [0.25, 0.3) is 21.8 Å². The molecule has 4 rings (SSSR count). The molecule has 0 aliphatic heterocycles. The van der Waals surface area contributed by atoms with Gasteiger partial charge in [-0.25, -0.2) is 0 Å². The predicted octanol–water partition coefficient (Wildman–Crippen LogP) is 4.95. The fourth-order valence-electron chi connectivity index (χ4n) is 2.35. The molecule has 0 fully saturated rings. The molecule has 20 heavy (non-hydrogen) atoms. The highest BCUT2D eigenvalue weighted by Crippen LogP contribution is 2.13. The first-order chi connectivity index (χ1) is 9.72. The van der Waals surface area contributed by atoms with E-state index in [0.29, 0.717) is 0 Å². The maximum atomic E-state index is 3.15. The third-order valence-electron chi connectivity index (χ3n) is 3.42. The van der Waals surface area contributed by atoms with E-state index in [1.807, 2.05) is 12.4 Å². The van der Waals surface area contributed by atoms with E-state index >= 15 is 0 Å². The van der Waals surface area contributed by atoms with Gasteiger partial charge in [0.25, 0.3) is 0 Å². The van der Waals surface area contributed by atoms with Gasteiger partial charge in [0.2, 0.25) is 0 Å². The van der Waals surface area contributed by atoms with Crippen molar-refractivity contribution in [2.45, 2.75) is 13.8 Å². The zero-order chi connectivity index (χ0) is 13.9. The van der Waals surface area contributed by atoms with Crippen LogP contribution in [0.5, 0.6) is 0 Å². The van der Waals surface area contributed by atoms with Crippen molar-refractivity contribution in [2.24, 2.45) is 0 Å². The van der Waals surface area contributed by atoms with Crippen LogP contribution in [0.2, 0.25) is 0 Å². The second-order valence-electron chi connectivity index (χ2n) is 5.14. The summed E-state index contributed by atoms with van der Waals surface area (Å²) in [5.41, 5.74) is 5.05. The smallest absolute Gasteiger partial charge is 0.0454 e. The molecule has 2 N–H and O–H groups in total. The topological polar surface area (TPSA) is 31.6 Å². The Morgan fingerprint density at radius 2 is 1.05 bits per heavy atom. The summed E-state index contributed by atoms with van der Waals surface area (Å²) < 4.78 is 0. The molecule has 0 saturated heterocycles. The number of aryl methyl sites for hydroxylation is 2. The highest BCUT2D eigenvalue weighted by molar-refractivity contribution is 5.80. The Bertz CT molecular complexity index is 765. The average Bonchev–Trinajstić information content (AvgIpc) is 3.06. The predicted molar refractivity (Wildman–Crippen MR) is 86.1 cm³/mol. The van der Waals surface area contributed by atoms with Crippen LogP contribution in [0.4, 0.5) is 0 Å². The number of hydrogen-bond donors (Lipinski definition) is 2. The molecular formula is C18H18N2. The minimum atomic E-state index is 1.21. The van der Waals surface area contributed by atoms with E-state index in [1.165, 1.54) is 32.9 Å². The first kappa shape index (κ1) is 12.5. The summed E-state index contributed by atoms with van der Waals surface area (Å²) in [5.74, 6) is 0. The van der Waals surface area contributed by atoms with Crippen LogP contribution in [0.3, 0.4) is 0 Å². The first-order valence-corrected chi connectivity index (χ1v) is 6.80. The second kappa shape index (κ2) is 5.25. The number of nitrogens with one attached hydrogen (secondary N) is 2. The van der Waals surface area contributed by atoms with E-state index in [-0.39, 0.29) is 0 Å². The molecular weight excluding hydrogens is 244 g/mol. The number of H-pyrrole nitrogens is 2. The lowest BCUT2D eigenvalue weighted by Crippen LogP contribution is -1.69. The third kappa shape index (κ3) is 2.59. The molecule has 0 unspecified atom stereocenters. The van der Waals surface area contributed by atoms with Crippen LogP contribution in [-0.2, 0) is 0 Å². The average molecular weight is 262 g/mol. The lowest BCUT2D eigenvalue weighted by atomic mass is 10.2. The summed E-state index contributed by atoms with van der Waals surface area (Å²) in [6, 6.07) is 16.9. The maximum absolute atomic E-state index is 3.15. The van der Waals surface area contributed by atoms with Crippen LogP contribution in [-0.4, -0.2) is 9.97 Å². The van der Waals surface area contributed by atoms with Crippen LogP contribution in [0, 0.1) is 13.8 Å². The highest BCUT2D eigenvalue weighted by atomic mass is 14.7. The molecule has 0 aliphatic carbocycles. The highest BCUT2D eigenvalue weighted by Gasteiger charge is 1.91. The Hall–Kier alpha value is -2.48. The molecule has 0 amide bonds. The number of fused-ring (bicyclic) bond motifs is 2. The molecule has 0 saturated carbocycles. The summed E-state index contributed by atoms with van der Waals surface area (Å²) in [7, 11) is 0. The van der Waals surface area contributed by atoms with Crippen molar-refractivity contribution < 1.29 is 0 Å². The van der Waals surface area contributed by atoms with Crippen molar-refractivity contribution in [3.8, 4) is 0 Å². The molecule has 2 nitrogen and oxygen atoms in total. The summed E-state index contributed by atoms with van der Waals surface area (Å²) in [6.45, 7) is 4.21. The largest absolute Gasteiger partial charge is 0.361 e. The number of aromatic amines is 2. The molecule has 100 valence electrons. The Kier molecular flexibility index (Phi) is 3.30. The van der Waals surface area contributed by atoms with E-state index in [4.69, 9.17) is 0 Å². The minimum Gasteiger partial charge on any atom is -0.361 e. The van der Waals surface area contributed by atoms with Crippen LogP contribution in [0.1, 0.15) is 11.1 Å². The zero-order valence-corrected chi connectivity index (χ0v) is 11.8. The standard InChI is InChI=1S/2C9H9N/c2*1-7-2-3-9-8(6-7)4-5-10-9/h2*2-6,10H,1H3.